The van der Waals surface area contributed by atoms with Crippen molar-refractivity contribution >= 4 is 11.6 Å². The molecule has 0 bridgehead atoms. The third-order valence-corrected chi connectivity index (χ3v) is 4.43. The molecule has 9 heteroatoms. The third-order valence-electron chi connectivity index (χ3n) is 4.43. The fourth-order valence-corrected chi connectivity index (χ4v) is 2.75. The maximum Gasteiger partial charge on any atom is 0.227 e. The van der Waals surface area contributed by atoms with Gasteiger partial charge in [-0.05, 0) is 25.2 Å². The summed E-state index contributed by atoms with van der Waals surface area (Å²) in [6.45, 7) is 8.03. The van der Waals surface area contributed by atoms with Crippen molar-refractivity contribution in [3.63, 3.8) is 0 Å². The van der Waals surface area contributed by atoms with Gasteiger partial charge in [-0.2, -0.15) is 10.1 Å². The molecule has 3 aromatic rings. The number of likely N-dealkylation sites (N-methyl/N-ethyl adjacent to an activating group) is 1. The Kier molecular flexibility index (Phi) is 6.85. The maximum absolute atomic E-state index is 12.2. The molecule has 1 amide bonds. The number of hydrogen-bond donors (Lipinski definition) is 1. The van der Waals surface area contributed by atoms with Crippen LogP contribution in [0.1, 0.15) is 26.2 Å². The fraction of sp³-hybridized carbons (Fsp3) is 0.421. The number of rotatable bonds is 10. The first-order valence-electron chi connectivity index (χ1n) is 9.45. The molecule has 0 aliphatic rings. The molecular formula is C19H25N7O2. The predicted molar refractivity (Wildman–Crippen MR) is 104 cm³/mol. The minimum absolute atomic E-state index is 0.119. The first kappa shape index (κ1) is 19.7. The highest BCUT2D eigenvalue weighted by atomic mass is 16.5. The van der Waals surface area contributed by atoms with E-state index in [1.54, 1.807) is 30.7 Å². The molecule has 0 spiro atoms. The van der Waals surface area contributed by atoms with Crippen molar-refractivity contribution in [3.05, 3.63) is 42.8 Å². The monoisotopic (exact) mass is 383 g/mol. The molecule has 9 nitrogen and oxygen atoms in total. The van der Waals surface area contributed by atoms with Crippen LogP contribution in [0.4, 0.5) is 5.69 Å². The number of aromatic nitrogens is 5. The van der Waals surface area contributed by atoms with E-state index in [0.29, 0.717) is 23.8 Å². The Balaban J connectivity index is 1.45. The Hall–Kier alpha value is -3.07. The molecule has 0 saturated carbocycles. The molecule has 3 aromatic heterocycles. The highest BCUT2D eigenvalue weighted by Crippen LogP contribution is 2.15. The van der Waals surface area contributed by atoms with Crippen molar-refractivity contribution in [2.24, 2.45) is 0 Å². The average Bonchev–Trinajstić information content (AvgIpc) is 3.37. The van der Waals surface area contributed by atoms with Crippen LogP contribution in [0.3, 0.4) is 0 Å². The van der Waals surface area contributed by atoms with Crippen LogP contribution in [-0.2, 0) is 17.8 Å². The standard InChI is InChI=1S/C19H25N7O2/c1-3-25(4-2)11-12-26-14-16(13-21-26)22-17(27)5-6-18-23-19(24-28-18)15-7-9-20-10-8-15/h7-10,13-14H,3-6,11-12H2,1-2H3,(H,22,27). The summed E-state index contributed by atoms with van der Waals surface area (Å²) in [4.78, 5) is 22.8. The van der Waals surface area contributed by atoms with Crippen molar-refractivity contribution in [1.82, 2.24) is 29.8 Å². The second kappa shape index (κ2) is 9.75. The van der Waals surface area contributed by atoms with Gasteiger partial charge in [0.1, 0.15) is 0 Å². The Morgan fingerprint density at radius 2 is 2.04 bits per heavy atom. The molecule has 0 aliphatic heterocycles. The van der Waals surface area contributed by atoms with Crippen LogP contribution in [0.5, 0.6) is 0 Å². The number of nitrogens with one attached hydrogen (secondary N) is 1. The van der Waals surface area contributed by atoms with Gasteiger partial charge in [-0.1, -0.05) is 19.0 Å². The molecule has 0 unspecified atom stereocenters. The van der Waals surface area contributed by atoms with E-state index < -0.39 is 0 Å². The van der Waals surface area contributed by atoms with E-state index in [1.165, 1.54) is 0 Å². The zero-order chi connectivity index (χ0) is 19.8. The summed E-state index contributed by atoms with van der Waals surface area (Å²) in [7, 11) is 0. The zero-order valence-electron chi connectivity index (χ0n) is 16.2. The highest BCUT2D eigenvalue weighted by molar-refractivity contribution is 5.90. The number of carbonyl (C=O) groups is 1. The summed E-state index contributed by atoms with van der Waals surface area (Å²) in [6.07, 6.45) is 7.47. The average molecular weight is 383 g/mol. The molecule has 0 aliphatic carbocycles. The SMILES string of the molecule is CCN(CC)CCn1cc(NC(=O)CCc2nc(-c3ccncc3)no2)cn1. The highest BCUT2D eigenvalue weighted by Gasteiger charge is 2.11. The molecular weight excluding hydrogens is 358 g/mol. The Labute approximate surface area is 163 Å². The summed E-state index contributed by atoms with van der Waals surface area (Å²) < 4.78 is 7.06. The smallest absolute Gasteiger partial charge is 0.227 e. The summed E-state index contributed by atoms with van der Waals surface area (Å²) in [5, 5.41) is 11.1. The van der Waals surface area contributed by atoms with Crippen LogP contribution in [-0.4, -0.2) is 55.3 Å². The lowest BCUT2D eigenvalue weighted by atomic mass is 10.2. The normalized spacial score (nSPS) is 11.1. The predicted octanol–water partition coefficient (Wildman–Crippen LogP) is 2.24. The van der Waals surface area contributed by atoms with E-state index >= 15 is 0 Å². The number of aryl methyl sites for hydroxylation is 1. The van der Waals surface area contributed by atoms with Gasteiger partial charge in [0.05, 0.1) is 18.4 Å². The molecule has 3 rings (SSSR count). The number of hydrogen-bond acceptors (Lipinski definition) is 7. The molecule has 0 fully saturated rings. The summed E-state index contributed by atoms with van der Waals surface area (Å²) in [5.41, 5.74) is 1.51. The first-order chi connectivity index (χ1) is 13.7. The number of nitrogens with zero attached hydrogens (tertiary/aromatic N) is 6. The fourth-order valence-electron chi connectivity index (χ4n) is 2.75. The third kappa shape index (κ3) is 5.46. The van der Waals surface area contributed by atoms with Gasteiger partial charge in [0, 0.05) is 43.5 Å². The molecule has 0 aromatic carbocycles. The zero-order valence-corrected chi connectivity index (χ0v) is 16.2. The van der Waals surface area contributed by atoms with Crippen LogP contribution >= 0.6 is 0 Å². The quantitative estimate of drug-likeness (QED) is 0.573. The Morgan fingerprint density at radius 3 is 2.79 bits per heavy atom. The summed E-state index contributed by atoms with van der Waals surface area (Å²) in [6, 6.07) is 3.61. The Bertz CT molecular complexity index is 871. The number of amides is 1. The minimum Gasteiger partial charge on any atom is -0.339 e. The van der Waals surface area contributed by atoms with Gasteiger partial charge in [-0.25, -0.2) is 0 Å². The van der Waals surface area contributed by atoms with E-state index in [-0.39, 0.29) is 12.3 Å². The van der Waals surface area contributed by atoms with Crippen LogP contribution in [0.15, 0.2) is 41.4 Å². The van der Waals surface area contributed by atoms with Gasteiger partial charge < -0.3 is 14.7 Å². The van der Waals surface area contributed by atoms with Crippen molar-refractivity contribution in [2.45, 2.75) is 33.2 Å². The van der Waals surface area contributed by atoms with Crippen molar-refractivity contribution in [3.8, 4) is 11.4 Å². The summed E-state index contributed by atoms with van der Waals surface area (Å²) in [5.74, 6) is 0.802. The second-order valence-electron chi connectivity index (χ2n) is 6.31. The molecule has 0 atom stereocenters. The molecule has 1 N–H and O–H groups in total. The van der Waals surface area contributed by atoms with Gasteiger partial charge >= 0.3 is 0 Å². The lowest BCUT2D eigenvalue weighted by molar-refractivity contribution is -0.116. The van der Waals surface area contributed by atoms with Crippen LogP contribution in [0, 0.1) is 0 Å². The van der Waals surface area contributed by atoms with Crippen molar-refractivity contribution in [1.29, 1.82) is 0 Å². The van der Waals surface area contributed by atoms with Crippen molar-refractivity contribution in [2.75, 3.05) is 25.0 Å². The van der Waals surface area contributed by atoms with Gasteiger partial charge in [0.2, 0.25) is 17.6 Å². The van der Waals surface area contributed by atoms with Crippen LogP contribution in [0.2, 0.25) is 0 Å². The number of anilines is 1. The minimum atomic E-state index is -0.119. The lowest BCUT2D eigenvalue weighted by Gasteiger charge is -2.17. The second-order valence-corrected chi connectivity index (χ2v) is 6.31. The molecule has 28 heavy (non-hydrogen) atoms. The van der Waals surface area contributed by atoms with E-state index in [9.17, 15) is 4.79 Å². The van der Waals surface area contributed by atoms with Gasteiger partial charge in [0.15, 0.2) is 0 Å². The van der Waals surface area contributed by atoms with Crippen LogP contribution < -0.4 is 5.32 Å². The number of carbonyl (C=O) groups excluding carboxylic acids is 1. The van der Waals surface area contributed by atoms with Gasteiger partial charge in [0.25, 0.3) is 0 Å². The summed E-state index contributed by atoms with van der Waals surface area (Å²) >= 11 is 0. The van der Waals surface area contributed by atoms with E-state index in [1.807, 2.05) is 10.9 Å². The maximum atomic E-state index is 12.2. The van der Waals surface area contributed by atoms with Gasteiger partial charge in [-0.15, -0.1) is 0 Å². The molecule has 0 saturated heterocycles. The topological polar surface area (TPSA) is 102 Å². The largest absolute Gasteiger partial charge is 0.339 e. The van der Waals surface area contributed by atoms with E-state index in [4.69, 9.17) is 4.52 Å². The van der Waals surface area contributed by atoms with Gasteiger partial charge in [-0.3, -0.25) is 14.5 Å². The molecule has 3 heterocycles. The Morgan fingerprint density at radius 1 is 1.25 bits per heavy atom. The van der Waals surface area contributed by atoms with Crippen LogP contribution in [0.25, 0.3) is 11.4 Å². The molecule has 148 valence electrons. The van der Waals surface area contributed by atoms with Crippen molar-refractivity contribution < 1.29 is 9.32 Å². The number of pyridine rings is 1. The van der Waals surface area contributed by atoms with E-state index in [0.717, 1.165) is 31.7 Å². The lowest BCUT2D eigenvalue weighted by Crippen LogP contribution is -2.27. The van der Waals surface area contributed by atoms with E-state index in [2.05, 4.69) is 44.3 Å². The molecule has 0 radical (unpaired) electrons. The first-order valence-corrected chi connectivity index (χ1v) is 9.45.